The van der Waals surface area contributed by atoms with Gasteiger partial charge in [-0.2, -0.15) is 5.26 Å². The zero-order valence-corrected chi connectivity index (χ0v) is 11.7. The minimum atomic E-state index is -1.83. The van der Waals surface area contributed by atoms with Crippen molar-refractivity contribution in [2.45, 2.75) is 38.6 Å². The zero-order valence-electron chi connectivity index (χ0n) is 10.7. The molecule has 0 aliphatic carbocycles. The highest BCUT2D eigenvalue weighted by atomic mass is 28.4. The van der Waals surface area contributed by atoms with E-state index in [1.807, 2.05) is 19.6 Å². The molecular weight excluding hydrogens is 233 g/mol. The number of nitriles is 1. The van der Waals surface area contributed by atoms with Crippen molar-refractivity contribution in [3.8, 4) is 6.07 Å². The molecule has 1 unspecified atom stereocenters. The Bertz CT molecular complexity index is 436. The van der Waals surface area contributed by atoms with Crippen LogP contribution in [0.25, 0.3) is 0 Å². The maximum Gasteiger partial charge on any atom is 0.185 e. The first kappa shape index (κ1) is 13.9. The molecule has 1 aromatic carbocycles. The summed E-state index contributed by atoms with van der Waals surface area (Å²) < 4.78 is 19.4. The number of benzene rings is 1. The molecule has 0 bridgehead atoms. The Balaban J connectivity index is 2.91. The van der Waals surface area contributed by atoms with Gasteiger partial charge in [-0.1, -0.05) is 18.2 Å². The third kappa shape index (κ3) is 4.29. The third-order valence-electron chi connectivity index (χ3n) is 2.25. The molecule has 0 aliphatic rings. The Kier molecular flexibility index (Phi) is 4.07. The van der Waals surface area contributed by atoms with Crippen LogP contribution in [0.5, 0.6) is 0 Å². The molecule has 92 valence electrons. The van der Waals surface area contributed by atoms with E-state index in [2.05, 4.69) is 6.07 Å². The molecule has 17 heavy (non-hydrogen) atoms. The van der Waals surface area contributed by atoms with E-state index in [0.29, 0.717) is 5.56 Å². The highest BCUT2D eigenvalue weighted by Gasteiger charge is 2.32. The van der Waals surface area contributed by atoms with Crippen molar-refractivity contribution in [2.75, 3.05) is 0 Å². The van der Waals surface area contributed by atoms with Crippen LogP contribution in [0.1, 0.15) is 12.5 Å². The summed E-state index contributed by atoms with van der Waals surface area (Å²) in [5, 5.41) is 9.23. The molecule has 0 heterocycles. The van der Waals surface area contributed by atoms with Crippen LogP contribution >= 0.6 is 0 Å². The molecule has 0 saturated heterocycles. The second-order valence-corrected chi connectivity index (χ2v) is 9.75. The number of hydrogen-bond acceptors (Lipinski definition) is 2. The molecule has 1 aromatic rings. The van der Waals surface area contributed by atoms with Crippen LogP contribution in [-0.2, 0) is 10.8 Å². The van der Waals surface area contributed by atoms with Crippen LogP contribution < -0.4 is 0 Å². The van der Waals surface area contributed by atoms with Gasteiger partial charge < -0.3 is 4.43 Å². The summed E-state index contributed by atoms with van der Waals surface area (Å²) in [6.07, 6.45) is 0.278. The Hall–Kier alpha value is -1.18. The molecule has 0 spiro atoms. The Morgan fingerprint density at radius 2 is 1.94 bits per heavy atom. The Morgan fingerprint density at radius 3 is 2.41 bits per heavy atom. The van der Waals surface area contributed by atoms with Crippen molar-refractivity contribution in [1.29, 1.82) is 5.26 Å². The van der Waals surface area contributed by atoms with Crippen LogP contribution in [0.15, 0.2) is 24.3 Å². The average Bonchev–Trinajstić information content (AvgIpc) is 2.19. The Morgan fingerprint density at radius 1 is 1.35 bits per heavy atom. The molecule has 2 nitrogen and oxygen atoms in total. The first-order valence-electron chi connectivity index (χ1n) is 5.61. The lowest BCUT2D eigenvalue weighted by Crippen LogP contribution is -2.41. The maximum absolute atomic E-state index is 13.5. The summed E-state index contributed by atoms with van der Waals surface area (Å²) in [4.78, 5) is 0. The lowest BCUT2D eigenvalue weighted by Gasteiger charge is -2.30. The van der Waals surface area contributed by atoms with Crippen molar-refractivity contribution in [3.05, 3.63) is 35.6 Å². The molecule has 1 atom stereocenters. The van der Waals surface area contributed by atoms with Crippen molar-refractivity contribution in [1.82, 2.24) is 0 Å². The molecule has 0 amide bonds. The van der Waals surface area contributed by atoms with Crippen molar-refractivity contribution < 1.29 is 8.82 Å². The smallest absolute Gasteiger partial charge is 0.185 e. The monoisotopic (exact) mass is 251 g/mol. The molecular formula is C13H18FNOSi. The minimum Gasteiger partial charge on any atom is -0.400 e. The second-order valence-electron chi connectivity index (χ2n) is 5.33. The molecule has 0 saturated carbocycles. The van der Waals surface area contributed by atoms with Crippen LogP contribution in [0, 0.1) is 17.1 Å². The third-order valence-corrected chi connectivity index (χ3v) is 3.32. The second kappa shape index (κ2) is 4.99. The summed E-state index contributed by atoms with van der Waals surface area (Å²) >= 11 is 0. The van der Waals surface area contributed by atoms with Gasteiger partial charge in [0.05, 0.1) is 6.07 Å². The zero-order chi connectivity index (χ0) is 13.1. The summed E-state index contributed by atoms with van der Waals surface area (Å²) in [5.74, 6) is -0.284. The van der Waals surface area contributed by atoms with Gasteiger partial charge in [-0.3, -0.25) is 0 Å². The first-order chi connectivity index (χ1) is 7.76. The van der Waals surface area contributed by atoms with Gasteiger partial charge in [-0.25, -0.2) is 4.39 Å². The van der Waals surface area contributed by atoms with Gasteiger partial charge in [0.2, 0.25) is 0 Å². The Labute approximate surface area is 103 Å². The van der Waals surface area contributed by atoms with E-state index < -0.39 is 13.9 Å². The fraction of sp³-hybridized carbons (Fsp3) is 0.462. The van der Waals surface area contributed by atoms with Crippen molar-refractivity contribution in [2.24, 2.45) is 0 Å². The fourth-order valence-electron chi connectivity index (χ4n) is 1.78. The van der Waals surface area contributed by atoms with E-state index >= 15 is 0 Å². The first-order valence-corrected chi connectivity index (χ1v) is 9.01. The van der Waals surface area contributed by atoms with Crippen molar-refractivity contribution >= 4 is 8.32 Å². The molecule has 0 N–H and O–H groups in total. The lowest BCUT2D eigenvalue weighted by molar-refractivity contribution is 0.139. The van der Waals surface area contributed by atoms with Crippen LogP contribution in [-0.4, -0.2) is 13.9 Å². The molecule has 4 heteroatoms. The number of hydrogen-bond donors (Lipinski definition) is 0. The molecule has 0 aliphatic heterocycles. The van der Waals surface area contributed by atoms with Gasteiger partial charge in [0.1, 0.15) is 11.4 Å². The van der Waals surface area contributed by atoms with E-state index in [0.717, 1.165) is 0 Å². The molecule has 0 fully saturated rings. The minimum absolute atomic E-state index is 0.278. The standard InChI is InChI=1S/C13H18FNOSi/c1-13(10-15,16-17(2,3)4)9-11-7-5-6-8-12(11)14/h5-8H,9H2,1-4H3. The number of halogens is 1. The predicted octanol–water partition coefficient (Wildman–Crippen LogP) is 3.50. The van der Waals surface area contributed by atoms with Gasteiger partial charge in [0.25, 0.3) is 0 Å². The van der Waals surface area contributed by atoms with Crippen LogP contribution in [0.2, 0.25) is 19.6 Å². The maximum atomic E-state index is 13.5. The van der Waals surface area contributed by atoms with E-state index in [4.69, 9.17) is 4.43 Å². The average molecular weight is 251 g/mol. The van der Waals surface area contributed by atoms with E-state index in [1.54, 1.807) is 25.1 Å². The van der Waals surface area contributed by atoms with Gasteiger partial charge in [-0.15, -0.1) is 0 Å². The van der Waals surface area contributed by atoms with Gasteiger partial charge in [0.15, 0.2) is 8.32 Å². The quantitative estimate of drug-likeness (QED) is 0.767. The normalized spacial score (nSPS) is 15.1. The number of nitrogens with zero attached hydrogens (tertiary/aromatic N) is 1. The van der Waals surface area contributed by atoms with E-state index in [1.165, 1.54) is 6.07 Å². The van der Waals surface area contributed by atoms with Crippen LogP contribution in [0.4, 0.5) is 4.39 Å². The van der Waals surface area contributed by atoms with E-state index in [9.17, 15) is 9.65 Å². The highest BCUT2D eigenvalue weighted by molar-refractivity contribution is 6.69. The van der Waals surface area contributed by atoms with Gasteiger partial charge >= 0.3 is 0 Å². The fourth-order valence-corrected chi connectivity index (χ4v) is 3.25. The summed E-state index contributed by atoms with van der Waals surface area (Å²) in [6, 6.07) is 8.66. The van der Waals surface area contributed by atoms with Crippen LogP contribution in [0.3, 0.4) is 0 Å². The summed E-state index contributed by atoms with van der Waals surface area (Å²) in [6.45, 7) is 7.77. The molecule has 1 rings (SSSR count). The van der Waals surface area contributed by atoms with E-state index in [-0.39, 0.29) is 12.2 Å². The van der Waals surface area contributed by atoms with Gasteiger partial charge in [0, 0.05) is 6.42 Å². The van der Waals surface area contributed by atoms with Gasteiger partial charge in [-0.05, 0) is 38.2 Å². The highest BCUT2D eigenvalue weighted by Crippen LogP contribution is 2.23. The molecule has 0 aromatic heterocycles. The topological polar surface area (TPSA) is 33.0 Å². The SMILES string of the molecule is CC(C#N)(Cc1ccccc1F)O[Si](C)(C)C. The van der Waals surface area contributed by atoms with Crippen molar-refractivity contribution in [3.63, 3.8) is 0 Å². The number of rotatable bonds is 4. The predicted molar refractivity (Wildman–Crippen MR) is 68.6 cm³/mol. The summed E-state index contributed by atoms with van der Waals surface area (Å²) in [5.41, 5.74) is -0.429. The largest absolute Gasteiger partial charge is 0.400 e. The lowest BCUT2D eigenvalue weighted by atomic mass is 9.98. The molecule has 0 radical (unpaired) electrons. The summed E-state index contributed by atoms with van der Waals surface area (Å²) in [7, 11) is -1.83.